The molecule has 2 aromatic rings. The molecule has 24 heavy (non-hydrogen) atoms. The normalized spacial score (nSPS) is 10.8. The molecule has 0 atom stereocenters. The van der Waals surface area contributed by atoms with Gasteiger partial charge in [-0.05, 0) is 0 Å². The predicted octanol–water partition coefficient (Wildman–Crippen LogP) is 3.72. The van der Waals surface area contributed by atoms with Gasteiger partial charge in [0.15, 0.2) is 0 Å². The van der Waals surface area contributed by atoms with Crippen LogP contribution in [-0.2, 0) is 0 Å². The number of nitrogens with zero attached hydrogens (tertiary/aromatic N) is 1. The van der Waals surface area contributed by atoms with Crippen molar-refractivity contribution in [2.75, 3.05) is 24.2 Å². The number of anilines is 2. The van der Waals surface area contributed by atoms with E-state index in [0.29, 0.717) is 0 Å². The van der Waals surface area contributed by atoms with Crippen molar-refractivity contribution >= 4 is 39.5 Å². The van der Waals surface area contributed by atoms with Gasteiger partial charge in [-0.1, -0.05) is 6.92 Å². The van der Waals surface area contributed by atoms with E-state index in [1.54, 1.807) is 0 Å². The van der Waals surface area contributed by atoms with Crippen LogP contribution >= 0.6 is 0 Å². The van der Waals surface area contributed by atoms with Gasteiger partial charge in [0, 0.05) is 0 Å². The fourth-order valence-corrected chi connectivity index (χ4v) is 5.03. The van der Waals surface area contributed by atoms with E-state index in [1.807, 2.05) is 12.1 Å². The van der Waals surface area contributed by atoms with Crippen molar-refractivity contribution in [3.63, 3.8) is 0 Å². The Morgan fingerprint density at radius 1 is 0.792 bits per heavy atom. The summed E-state index contributed by atoms with van der Waals surface area (Å²) in [5.74, 6) is 0. The van der Waals surface area contributed by atoms with E-state index < -0.39 is 0 Å². The Bertz CT molecular complexity index is 578. The maximum absolute atomic E-state index is 5.76. The minimum atomic E-state index is -0.306. The molecule has 2 aromatic carbocycles. The molecule has 0 unspecified atom stereocenters. The van der Waals surface area contributed by atoms with E-state index >= 15 is 0 Å². The molecule has 0 radical (unpaired) electrons. The first-order chi connectivity index (χ1) is 11.7. The fraction of sp³-hybridized carbons (Fsp3) is 0.429. The van der Waals surface area contributed by atoms with Crippen LogP contribution < -0.4 is 17.9 Å². The van der Waals surface area contributed by atoms with E-state index in [0.717, 1.165) is 12.2 Å². The van der Waals surface area contributed by atoms with E-state index in [9.17, 15) is 0 Å². The minimum absolute atomic E-state index is 0.306. The molecule has 2 rings (SSSR count). The van der Waals surface area contributed by atoms with E-state index in [-0.39, 0.29) is 20.9 Å². The molecule has 0 aliphatic heterocycles. The van der Waals surface area contributed by atoms with Crippen LogP contribution in [0.1, 0.15) is 45.4 Å². The summed E-state index contributed by atoms with van der Waals surface area (Å²) in [6, 6.07) is 17.5. The summed E-state index contributed by atoms with van der Waals surface area (Å²) >= 11 is -0.306. The second-order valence-electron chi connectivity index (χ2n) is 6.35. The quantitative estimate of drug-likeness (QED) is 0.348. The van der Waals surface area contributed by atoms with Crippen LogP contribution in [0, 0.1) is 0 Å². The first-order valence-corrected chi connectivity index (χ1v) is 11.4. The van der Waals surface area contributed by atoms with Gasteiger partial charge in [-0.25, -0.2) is 0 Å². The summed E-state index contributed by atoms with van der Waals surface area (Å²) < 4.78 is 2.91. The van der Waals surface area contributed by atoms with Crippen molar-refractivity contribution < 1.29 is 0 Å². The number of hydrogen-bond donors (Lipinski definition) is 1. The SMILES string of the molecule is CCCCCCCCN(C)c1ccc([Te]c2ccc(N)cc2)cc1. The third kappa shape index (κ3) is 6.75. The average Bonchev–Trinajstić information content (AvgIpc) is 2.60. The van der Waals surface area contributed by atoms with Crippen LogP contribution in [0.5, 0.6) is 0 Å². The second kappa shape index (κ2) is 10.6. The molecule has 0 spiro atoms. The molecule has 3 heteroatoms. The number of unbranched alkanes of at least 4 members (excludes halogenated alkanes) is 5. The molecule has 0 saturated carbocycles. The van der Waals surface area contributed by atoms with Crippen LogP contribution in [0.4, 0.5) is 11.4 Å². The second-order valence-corrected chi connectivity index (χ2v) is 9.63. The molecule has 130 valence electrons. The average molecular weight is 438 g/mol. The Morgan fingerprint density at radius 2 is 1.33 bits per heavy atom. The Labute approximate surface area is 157 Å². The fourth-order valence-electron chi connectivity index (χ4n) is 2.70. The molecule has 0 aliphatic rings. The van der Waals surface area contributed by atoms with Gasteiger partial charge in [-0.2, -0.15) is 0 Å². The van der Waals surface area contributed by atoms with Crippen LogP contribution in [0.3, 0.4) is 0 Å². The molecule has 0 amide bonds. The van der Waals surface area contributed by atoms with Crippen LogP contribution in [0.15, 0.2) is 48.5 Å². The molecular weight excluding hydrogens is 408 g/mol. The summed E-state index contributed by atoms with van der Waals surface area (Å²) in [4.78, 5) is 2.38. The zero-order valence-electron chi connectivity index (χ0n) is 15.0. The monoisotopic (exact) mass is 440 g/mol. The van der Waals surface area contributed by atoms with Crippen LogP contribution in [-0.4, -0.2) is 34.5 Å². The van der Waals surface area contributed by atoms with Crippen molar-refractivity contribution in [2.45, 2.75) is 45.4 Å². The molecule has 0 fully saturated rings. The summed E-state index contributed by atoms with van der Waals surface area (Å²) in [6.45, 7) is 3.42. The molecule has 0 aromatic heterocycles. The van der Waals surface area contributed by atoms with E-state index in [1.165, 1.54) is 51.4 Å². The molecule has 2 N–H and O–H groups in total. The zero-order valence-corrected chi connectivity index (χ0v) is 17.3. The third-order valence-electron chi connectivity index (χ3n) is 4.24. The number of nitrogens with two attached hydrogens (primary N) is 1. The Balaban J connectivity index is 1.77. The van der Waals surface area contributed by atoms with Gasteiger partial charge in [-0.15, -0.1) is 0 Å². The maximum atomic E-state index is 5.76. The topological polar surface area (TPSA) is 29.3 Å². The molecular formula is C21H30N2Te. The molecule has 0 saturated heterocycles. The summed E-state index contributed by atoms with van der Waals surface area (Å²) in [7, 11) is 2.21. The number of benzene rings is 2. The van der Waals surface area contributed by atoms with Crippen molar-refractivity contribution in [1.29, 1.82) is 0 Å². The van der Waals surface area contributed by atoms with Gasteiger partial charge >= 0.3 is 151 Å². The Kier molecular flexibility index (Phi) is 8.50. The molecule has 0 bridgehead atoms. The van der Waals surface area contributed by atoms with Crippen molar-refractivity contribution in [1.82, 2.24) is 0 Å². The van der Waals surface area contributed by atoms with E-state index in [2.05, 4.69) is 55.3 Å². The third-order valence-corrected chi connectivity index (χ3v) is 7.14. The zero-order chi connectivity index (χ0) is 17.2. The summed E-state index contributed by atoms with van der Waals surface area (Å²) in [6.07, 6.45) is 8.13. The summed E-state index contributed by atoms with van der Waals surface area (Å²) in [5, 5.41) is 0. The van der Waals surface area contributed by atoms with E-state index in [4.69, 9.17) is 5.73 Å². The van der Waals surface area contributed by atoms with Gasteiger partial charge in [-0.3, -0.25) is 0 Å². The number of nitrogen functional groups attached to an aromatic ring is 1. The van der Waals surface area contributed by atoms with Gasteiger partial charge in [0.1, 0.15) is 0 Å². The van der Waals surface area contributed by atoms with Crippen molar-refractivity contribution in [3.8, 4) is 0 Å². The standard InChI is InChI=1S/C21H30N2Te/c1-3-4-5-6-7-8-17-23(2)19-11-15-21(16-12-19)24-20-13-9-18(22)10-14-20/h9-16H,3-8,17,22H2,1-2H3. The van der Waals surface area contributed by atoms with Crippen molar-refractivity contribution in [2.24, 2.45) is 0 Å². The van der Waals surface area contributed by atoms with Gasteiger partial charge in [0.05, 0.1) is 0 Å². The number of hydrogen-bond acceptors (Lipinski definition) is 2. The molecule has 2 nitrogen and oxygen atoms in total. The molecule has 0 heterocycles. The van der Waals surface area contributed by atoms with Crippen LogP contribution in [0.25, 0.3) is 0 Å². The first-order valence-electron chi connectivity index (χ1n) is 9.03. The number of rotatable bonds is 10. The Hall–Kier alpha value is -1.17. The van der Waals surface area contributed by atoms with Crippen molar-refractivity contribution in [3.05, 3.63) is 48.5 Å². The first kappa shape index (κ1) is 19.2. The van der Waals surface area contributed by atoms with Gasteiger partial charge in [0.25, 0.3) is 0 Å². The van der Waals surface area contributed by atoms with Crippen LogP contribution in [0.2, 0.25) is 0 Å². The van der Waals surface area contributed by atoms with Gasteiger partial charge < -0.3 is 0 Å². The predicted molar refractivity (Wildman–Crippen MR) is 109 cm³/mol. The Morgan fingerprint density at radius 3 is 1.96 bits per heavy atom. The van der Waals surface area contributed by atoms with Gasteiger partial charge in [0.2, 0.25) is 0 Å². The molecule has 0 aliphatic carbocycles. The summed E-state index contributed by atoms with van der Waals surface area (Å²) in [5.41, 5.74) is 7.93.